The first-order valence-electron chi connectivity index (χ1n) is 11.2. The highest BCUT2D eigenvalue weighted by atomic mass is 16.5. The van der Waals surface area contributed by atoms with E-state index in [2.05, 4.69) is 44.5 Å². The number of hydrogen-bond acceptors (Lipinski definition) is 7. The van der Waals surface area contributed by atoms with Crippen LogP contribution >= 0.6 is 0 Å². The number of ether oxygens (including phenoxy) is 1. The van der Waals surface area contributed by atoms with E-state index in [9.17, 15) is 4.79 Å². The van der Waals surface area contributed by atoms with E-state index in [1.807, 2.05) is 11.8 Å². The molecule has 1 atom stereocenters. The molecule has 1 amide bonds. The number of amides is 1. The van der Waals surface area contributed by atoms with Crippen molar-refractivity contribution < 1.29 is 10.9 Å². The maximum Gasteiger partial charge on any atom is 0.320 e. The van der Waals surface area contributed by atoms with Crippen LogP contribution in [0.25, 0.3) is 0 Å². The van der Waals surface area contributed by atoms with Crippen LogP contribution < -0.4 is 20.7 Å². The zero-order valence-corrected chi connectivity index (χ0v) is 17.4. The van der Waals surface area contributed by atoms with Crippen LogP contribution in [0.2, 0.25) is 0 Å². The minimum atomic E-state index is -0.352. The molecular formula is C22H30N6O2. The van der Waals surface area contributed by atoms with Crippen molar-refractivity contribution >= 4 is 23.2 Å². The number of nitrogen functional groups attached to an aromatic ring is 1. The molecule has 8 heteroatoms. The molecule has 8 nitrogen and oxygen atoms in total. The number of nitrogens with zero attached hydrogens (tertiary/aromatic N) is 4. The summed E-state index contributed by atoms with van der Waals surface area (Å²) in [6.45, 7) is 6.08. The molecule has 30 heavy (non-hydrogen) atoms. The predicted octanol–water partition coefficient (Wildman–Crippen LogP) is 2.79. The second-order valence-corrected chi connectivity index (χ2v) is 7.81. The molecule has 3 heterocycles. The Morgan fingerprint density at radius 1 is 1.23 bits per heavy atom. The number of carbonyl (C=O) groups excluding carboxylic acids is 1. The third kappa shape index (κ3) is 4.81. The molecule has 0 unspecified atom stereocenters. The lowest BCUT2D eigenvalue weighted by molar-refractivity contribution is -0.115. The third-order valence-corrected chi connectivity index (χ3v) is 5.38. The fourth-order valence-corrected chi connectivity index (χ4v) is 3.91. The molecule has 2 aromatic rings. The van der Waals surface area contributed by atoms with Gasteiger partial charge in [0.1, 0.15) is 5.69 Å². The van der Waals surface area contributed by atoms with Crippen LogP contribution in [-0.4, -0.2) is 47.0 Å². The molecule has 1 saturated heterocycles. The van der Waals surface area contributed by atoms with Gasteiger partial charge in [0.15, 0.2) is 11.6 Å². The Kier molecular flexibility index (Phi) is 5.92. The van der Waals surface area contributed by atoms with E-state index in [0.29, 0.717) is 24.5 Å². The number of nitrogens with one attached hydrogen (secondary N) is 1. The van der Waals surface area contributed by atoms with E-state index in [4.69, 9.17) is 11.8 Å². The number of hydrogen-bond donors (Lipinski definition) is 2. The summed E-state index contributed by atoms with van der Waals surface area (Å²) in [7, 11) is 0. The predicted molar refractivity (Wildman–Crippen MR) is 117 cm³/mol. The fourth-order valence-electron chi connectivity index (χ4n) is 3.91. The average Bonchev–Trinajstić information content (AvgIpc) is 3.26. The number of nitrogens with two attached hydrogens (primary N) is 1. The molecule has 0 aliphatic carbocycles. The summed E-state index contributed by atoms with van der Waals surface area (Å²) in [5.74, 6) is 0.561. The summed E-state index contributed by atoms with van der Waals surface area (Å²) < 4.78 is 13.4. The molecule has 2 aliphatic heterocycles. The highest BCUT2D eigenvalue weighted by molar-refractivity contribution is 6.03. The Bertz CT molecular complexity index is 934. The molecule has 4 rings (SSSR count). The molecule has 1 aromatic heterocycles. The number of anilines is 3. The summed E-state index contributed by atoms with van der Waals surface area (Å²) in [4.78, 5) is 25.3. The quantitative estimate of drug-likeness (QED) is 0.689. The van der Waals surface area contributed by atoms with Crippen molar-refractivity contribution in [3.8, 4) is 6.01 Å². The van der Waals surface area contributed by atoms with Crippen LogP contribution in [0.3, 0.4) is 0 Å². The largest absolute Gasteiger partial charge is 0.463 e. The van der Waals surface area contributed by atoms with Crippen molar-refractivity contribution in [2.75, 3.05) is 42.2 Å². The van der Waals surface area contributed by atoms with Crippen LogP contribution in [0, 0.1) is 0 Å². The molecule has 1 aromatic carbocycles. The molecule has 2 aliphatic rings. The van der Waals surface area contributed by atoms with Gasteiger partial charge in [0, 0.05) is 14.5 Å². The van der Waals surface area contributed by atoms with Gasteiger partial charge in [-0.25, -0.2) is 0 Å². The van der Waals surface area contributed by atoms with Crippen molar-refractivity contribution in [3.05, 3.63) is 35.4 Å². The van der Waals surface area contributed by atoms with Crippen LogP contribution in [0.5, 0.6) is 6.01 Å². The topological polar surface area (TPSA) is 96.6 Å². The molecule has 3 N–H and O–H groups in total. The lowest BCUT2D eigenvalue weighted by Gasteiger charge is -2.30. The highest BCUT2D eigenvalue weighted by Crippen LogP contribution is 2.34. The van der Waals surface area contributed by atoms with E-state index < -0.39 is 0 Å². The Labute approximate surface area is 178 Å². The van der Waals surface area contributed by atoms with Gasteiger partial charge in [-0.3, -0.25) is 9.69 Å². The molecule has 0 radical (unpaired) electrons. The second-order valence-electron chi connectivity index (χ2n) is 7.81. The summed E-state index contributed by atoms with van der Waals surface area (Å²) >= 11 is 0. The van der Waals surface area contributed by atoms with Gasteiger partial charge < -0.3 is 20.7 Å². The van der Waals surface area contributed by atoms with Crippen molar-refractivity contribution in [2.24, 2.45) is 0 Å². The Morgan fingerprint density at radius 2 is 2.00 bits per heavy atom. The van der Waals surface area contributed by atoms with Crippen molar-refractivity contribution in [2.45, 2.75) is 45.7 Å². The standard InChI is InChI=1S/C22H30N6O2/c1-2-3-11-30-22-25-20(23)19-21(26-22)28(15-18(29)24-19)14-17-8-6-7-16(12-17)13-27-9-4-5-10-27/h6-8,12H,2-5,9-11,13-15H2,1H3,(H,24,29)(H2,23,25,26)/i3D/t3-/m0/s1. The van der Waals surface area contributed by atoms with Gasteiger partial charge in [0.25, 0.3) is 0 Å². The number of rotatable bonds is 8. The van der Waals surface area contributed by atoms with Crippen molar-refractivity contribution in [1.82, 2.24) is 14.9 Å². The van der Waals surface area contributed by atoms with Gasteiger partial charge in [-0.15, -0.1) is 0 Å². The maximum atomic E-state index is 12.3. The molecule has 0 spiro atoms. The fraction of sp³-hybridized carbons (Fsp3) is 0.500. The van der Waals surface area contributed by atoms with E-state index in [1.54, 1.807) is 0 Å². The van der Waals surface area contributed by atoms with E-state index in [1.165, 1.54) is 18.4 Å². The van der Waals surface area contributed by atoms with E-state index >= 15 is 0 Å². The van der Waals surface area contributed by atoms with Gasteiger partial charge in [-0.05, 0) is 43.5 Å². The second kappa shape index (κ2) is 9.30. The molecule has 0 saturated carbocycles. The Balaban J connectivity index is 1.54. The molecule has 0 bridgehead atoms. The minimum absolute atomic E-state index is 0.130. The van der Waals surface area contributed by atoms with Gasteiger partial charge in [0.05, 0.1) is 13.2 Å². The average molecular weight is 412 g/mol. The lowest BCUT2D eigenvalue weighted by atomic mass is 10.1. The Morgan fingerprint density at radius 3 is 2.77 bits per heavy atom. The summed E-state index contributed by atoms with van der Waals surface area (Å²) in [5.41, 5.74) is 8.88. The van der Waals surface area contributed by atoms with Gasteiger partial charge >= 0.3 is 6.01 Å². The maximum absolute atomic E-state index is 12.3. The number of fused-ring (bicyclic) bond motifs is 1. The first-order valence-corrected chi connectivity index (χ1v) is 10.6. The van der Waals surface area contributed by atoms with Gasteiger partial charge in [-0.2, -0.15) is 9.97 Å². The monoisotopic (exact) mass is 411 g/mol. The van der Waals surface area contributed by atoms with Crippen molar-refractivity contribution in [1.29, 1.82) is 0 Å². The lowest BCUT2D eigenvalue weighted by Crippen LogP contribution is -2.39. The first-order chi connectivity index (χ1) is 15.0. The van der Waals surface area contributed by atoms with E-state index in [0.717, 1.165) is 25.2 Å². The molecule has 1 fully saturated rings. The van der Waals surface area contributed by atoms with Crippen LogP contribution in [0.4, 0.5) is 17.3 Å². The zero-order chi connectivity index (χ0) is 21.8. The Hall–Kier alpha value is -2.87. The highest BCUT2D eigenvalue weighted by Gasteiger charge is 2.27. The van der Waals surface area contributed by atoms with Crippen LogP contribution in [-0.2, 0) is 17.9 Å². The number of benzene rings is 1. The van der Waals surface area contributed by atoms with Crippen molar-refractivity contribution in [3.63, 3.8) is 0 Å². The summed E-state index contributed by atoms with van der Waals surface area (Å²) in [5, 5.41) is 2.78. The van der Waals surface area contributed by atoms with Crippen LogP contribution in [0.15, 0.2) is 24.3 Å². The summed E-state index contributed by atoms with van der Waals surface area (Å²) in [6, 6.07) is 8.60. The third-order valence-electron chi connectivity index (χ3n) is 5.38. The summed E-state index contributed by atoms with van der Waals surface area (Å²) in [6.07, 6.45) is 2.86. The first kappa shape index (κ1) is 19.1. The number of aromatic nitrogens is 2. The zero-order valence-electron chi connectivity index (χ0n) is 18.4. The van der Waals surface area contributed by atoms with Gasteiger partial charge in [0.2, 0.25) is 5.91 Å². The smallest absolute Gasteiger partial charge is 0.320 e. The normalized spacial score (nSPS) is 18.0. The number of carbonyl (C=O) groups is 1. The molecular weight excluding hydrogens is 380 g/mol. The van der Waals surface area contributed by atoms with Gasteiger partial charge in [-0.1, -0.05) is 37.6 Å². The van der Waals surface area contributed by atoms with E-state index in [-0.39, 0.29) is 37.3 Å². The molecule has 160 valence electrons. The number of likely N-dealkylation sites (tertiary alicyclic amines) is 1. The van der Waals surface area contributed by atoms with Crippen LogP contribution in [0.1, 0.15) is 45.1 Å². The minimum Gasteiger partial charge on any atom is -0.463 e. The SMILES string of the molecule is [2H][C@@H](CC)COc1nc(N)c2c(n1)N(Cc1cccc(CN3CCCC3)c1)CC(=O)N2.